The number of carbonyl (C=O) groups is 1. The van der Waals surface area contributed by atoms with Crippen LogP contribution in [-0.4, -0.2) is 64.9 Å². The van der Waals surface area contributed by atoms with Crippen LogP contribution in [0.25, 0.3) is 0 Å². The number of anilines is 1. The number of sulfonamides is 1. The molecular formula is C22H28FN3O4S. The summed E-state index contributed by atoms with van der Waals surface area (Å²) in [5.41, 5.74) is 2.11. The number of rotatable bonds is 8. The number of nitrogens with one attached hydrogen (secondary N) is 1. The normalized spacial score (nSPS) is 16.0. The number of para-hydroxylation sites is 1. The standard InChI is InChI=1S/C22H28FN3O4S/c1-17-5-3-4-6-20(17)26(31(2,28)29)16-22(27)24-15-21(25-11-13-30-14-12-25)18-7-9-19(23)10-8-18/h3-10,21H,11-16H2,1-2H3,(H,24,27). The first-order chi connectivity index (χ1) is 14.8. The van der Waals surface area contributed by atoms with Crippen molar-refractivity contribution in [2.45, 2.75) is 13.0 Å². The summed E-state index contributed by atoms with van der Waals surface area (Å²) < 4.78 is 44.6. The third-order valence-electron chi connectivity index (χ3n) is 5.31. The number of hydrogen-bond acceptors (Lipinski definition) is 5. The molecule has 1 aliphatic heterocycles. The summed E-state index contributed by atoms with van der Waals surface area (Å²) in [6, 6.07) is 13.1. The minimum atomic E-state index is -3.65. The van der Waals surface area contributed by atoms with Crippen molar-refractivity contribution in [3.05, 3.63) is 65.5 Å². The Hall–Kier alpha value is -2.49. The predicted molar refractivity (Wildman–Crippen MR) is 118 cm³/mol. The summed E-state index contributed by atoms with van der Waals surface area (Å²) in [6.45, 7) is 4.31. The number of benzene rings is 2. The number of morpholine rings is 1. The van der Waals surface area contributed by atoms with Crippen LogP contribution in [-0.2, 0) is 19.6 Å². The lowest BCUT2D eigenvalue weighted by Gasteiger charge is -2.35. The van der Waals surface area contributed by atoms with Gasteiger partial charge >= 0.3 is 0 Å². The third kappa shape index (κ3) is 6.25. The minimum absolute atomic E-state index is 0.168. The number of hydrogen-bond donors (Lipinski definition) is 1. The van der Waals surface area contributed by atoms with E-state index >= 15 is 0 Å². The SMILES string of the molecule is Cc1ccccc1N(CC(=O)NCC(c1ccc(F)cc1)N1CCOCC1)S(C)(=O)=O. The molecule has 0 bridgehead atoms. The van der Waals surface area contributed by atoms with Gasteiger partial charge in [-0.1, -0.05) is 30.3 Å². The summed E-state index contributed by atoms with van der Waals surface area (Å²) in [5.74, 6) is -0.732. The second-order valence-corrected chi connectivity index (χ2v) is 9.48. The first-order valence-electron chi connectivity index (χ1n) is 10.1. The monoisotopic (exact) mass is 449 g/mol. The van der Waals surface area contributed by atoms with Crippen LogP contribution in [0, 0.1) is 12.7 Å². The Morgan fingerprint density at radius 1 is 1.16 bits per heavy atom. The molecule has 0 saturated carbocycles. The molecule has 168 valence electrons. The Balaban J connectivity index is 1.73. The maximum atomic E-state index is 13.4. The average Bonchev–Trinajstić information content (AvgIpc) is 2.74. The molecule has 1 N–H and O–H groups in total. The molecule has 3 rings (SSSR count). The van der Waals surface area contributed by atoms with Gasteiger partial charge in [0, 0.05) is 19.6 Å². The lowest BCUT2D eigenvalue weighted by atomic mass is 10.0. The third-order valence-corrected chi connectivity index (χ3v) is 6.43. The topological polar surface area (TPSA) is 79.0 Å². The number of amides is 1. The molecule has 9 heteroatoms. The fraction of sp³-hybridized carbons (Fsp3) is 0.409. The van der Waals surface area contributed by atoms with E-state index in [2.05, 4.69) is 10.2 Å². The zero-order valence-electron chi connectivity index (χ0n) is 17.8. The van der Waals surface area contributed by atoms with Crippen molar-refractivity contribution >= 4 is 21.6 Å². The highest BCUT2D eigenvalue weighted by Gasteiger charge is 2.25. The minimum Gasteiger partial charge on any atom is -0.379 e. The fourth-order valence-electron chi connectivity index (χ4n) is 3.65. The Bertz CT molecular complexity index is 992. The molecule has 31 heavy (non-hydrogen) atoms. The molecule has 2 aromatic rings. The Kier molecular flexibility index (Phi) is 7.64. The molecule has 1 amide bonds. The highest BCUT2D eigenvalue weighted by molar-refractivity contribution is 7.92. The zero-order chi connectivity index (χ0) is 22.4. The van der Waals surface area contributed by atoms with Crippen LogP contribution < -0.4 is 9.62 Å². The molecule has 0 aromatic heterocycles. The molecule has 1 atom stereocenters. The highest BCUT2D eigenvalue weighted by Crippen LogP contribution is 2.23. The van der Waals surface area contributed by atoms with Crippen molar-refractivity contribution in [3.8, 4) is 0 Å². The van der Waals surface area contributed by atoms with E-state index in [0.717, 1.165) is 21.7 Å². The lowest BCUT2D eigenvalue weighted by molar-refractivity contribution is -0.120. The van der Waals surface area contributed by atoms with E-state index in [1.165, 1.54) is 12.1 Å². The number of carbonyl (C=O) groups excluding carboxylic acids is 1. The Morgan fingerprint density at radius 3 is 2.42 bits per heavy atom. The first-order valence-corrected chi connectivity index (χ1v) is 12.0. The van der Waals surface area contributed by atoms with Crippen molar-refractivity contribution in [1.82, 2.24) is 10.2 Å². The number of aryl methyl sites for hydroxylation is 1. The molecule has 1 saturated heterocycles. The molecule has 0 aliphatic carbocycles. The van der Waals surface area contributed by atoms with Crippen molar-refractivity contribution in [2.24, 2.45) is 0 Å². The van der Waals surface area contributed by atoms with Gasteiger partial charge in [-0.05, 0) is 36.2 Å². The first kappa shape index (κ1) is 23.2. The van der Waals surface area contributed by atoms with Gasteiger partial charge in [0.1, 0.15) is 12.4 Å². The van der Waals surface area contributed by atoms with Crippen molar-refractivity contribution < 1.29 is 22.3 Å². The summed E-state index contributed by atoms with van der Waals surface area (Å²) >= 11 is 0. The summed E-state index contributed by atoms with van der Waals surface area (Å²) in [7, 11) is -3.65. The summed E-state index contributed by atoms with van der Waals surface area (Å²) in [6.07, 6.45) is 1.09. The fourth-order valence-corrected chi connectivity index (χ4v) is 4.57. The highest BCUT2D eigenvalue weighted by atomic mass is 32.2. The van der Waals surface area contributed by atoms with E-state index < -0.39 is 15.9 Å². The molecule has 1 unspecified atom stereocenters. The van der Waals surface area contributed by atoms with Crippen LogP contribution in [0.1, 0.15) is 17.2 Å². The van der Waals surface area contributed by atoms with Gasteiger partial charge in [-0.15, -0.1) is 0 Å². The largest absolute Gasteiger partial charge is 0.379 e. The van der Waals surface area contributed by atoms with Crippen LogP contribution in [0.3, 0.4) is 0 Å². The van der Waals surface area contributed by atoms with E-state index in [0.29, 0.717) is 32.0 Å². The van der Waals surface area contributed by atoms with Gasteiger partial charge < -0.3 is 10.1 Å². The molecular weight excluding hydrogens is 421 g/mol. The Labute approximate surface area is 182 Å². The lowest BCUT2D eigenvalue weighted by Crippen LogP contribution is -2.46. The molecule has 1 heterocycles. The molecule has 1 fully saturated rings. The van der Waals surface area contributed by atoms with Gasteiger partial charge in [-0.2, -0.15) is 0 Å². The van der Waals surface area contributed by atoms with Crippen LogP contribution in [0.5, 0.6) is 0 Å². The van der Waals surface area contributed by atoms with Gasteiger partial charge in [0.25, 0.3) is 0 Å². The van der Waals surface area contributed by atoms with E-state index in [9.17, 15) is 17.6 Å². The molecule has 0 radical (unpaired) electrons. The summed E-state index contributed by atoms with van der Waals surface area (Å²) in [4.78, 5) is 14.9. The average molecular weight is 450 g/mol. The van der Waals surface area contributed by atoms with Gasteiger partial charge in [-0.3, -0.25) is 14.0 Å². The van der Waals surface area contributed by atoms with Gasteiger partial charge in [-0.25, -0.2) is 12.8 Å². The maximum absolute atomic E-state index is 13.4. The van der Waals surface area contributed by atoms with E-state index in [-0.39, 0.29) is 24.9 Å². The van der Waals surface area contributed by atoms with Gasteiger partial charge in [0.05, 0.1) is 31.2 Å². The van der Waals surface area contributed by atoms with Crippen LogP contribution in [0.4, 0.5) is 10.1 Å². The second kappa shape index (κ2) is 10.2. The van der Waals surface area contributed by atoms with E-state index in [4.69, 9.17) is 4.74 Å². The van der Waals surface area contributed by atoms with Crippen molar-refractivity contribution in [3.63, 3.8) is 0 Å². The quantitative estimate of drug-likeness (QED) is 0.668. The van der Waals surface area contributed by atoms with Crippen LogP contribution >= 0.6 is 0 Å². The molecule has 1 aliphatic rings. The summed E-state index contributed by atoms with van der Waals surface area (Å²) in [5, 5.41) is 2.86. The predicted octanol–water partition coefficient (Wildman–Crippen LogP) is 2.09. The second-order valence-electron chi connectivity index (χ2n) is 7.58. The van der Waals surface area contributed by atoms with Crippen LogP contribution in [0.15, 0.2) is 48.5 Å². The van der Waals surface area contributed by atoms with Gasteiger partial charge in [0.15, 0.2) is 0 Å². The van der Waals surface area contributed by atoms with E-state index in [1.54, 1.807) is 37.3 Å². The number of nitrogens with zero attached hydrogens (tertiary/aromatic N) is 2. The molecule has 0 spiro atoms. The van der Waals surface area contributed by atoms with Crippen LogP contribution in [0.2, 0.25) is 0 Å². The van der Waals surface area contributed by atoms with Gasteiger partial charge in [0.2, 0.25) is 15.9 Å². The molecule has 7 nitrogen and oxygen atoms in total. The van der Waals surface area contributed by atoms with E-state index in [1.807, 2.05) is 6.07 Å². The number of ether oxygens (including phenoxy) is 1. The Morgan fingerprint density at radius 2 is 1.81 bits per heavy atom. The maximum Gasteiger partial charge on any atom is 0.240 e. The zero-order valence-corrected chi connectivity index (χ0v) is 18.6. The van der Waals surface area contributed by atoms with Crippen molar-refractivity contribution in [2.75, 3.05) is 50.0 Å². The van der Waals surface area contributed by atoms with Crippen molar-refractivity contribution in [1.29, 1.82) is 0 Å². The smallest absolute Gasteiger partial charge is 0.240 e. The molecule has 2 aromatic carbocycles. The number of halogens is 1.